The normalized spacial score (nSPS) is 17.1. The number of hydrogen-bond acceptors (Lipinski definition) is 1. The molecular formula is C9H7F4N. The molecule has 0 amide bonds. The lowest BCUT2D eigenvalue weighted by atomic mass is 10.2. The van der Waals surface area contributed by atoms with Crippen molar-refractivity contribution in [2.45, 2.75) is 6.18 Å². The molecule has 0 aliphatic heterocycles. The summed E-state index contributed by atoms with van der Waals surface area (Å²) >= 11 is 0. The van der Waals surface area contributed by atoms with Crippen LogP contribution in [0.2, 0.25) is 0 Å². The molecule has 1 aliphatic carbocycles. The van der Waals surface area contributed by atoms with Crippen molar-refractivity contribution in [3.05, 3.63) is 40.9 Å². The summed E-state index contributed by atoms with van der Waals surface area (Å²) in [5, 5.41) is 0. The van der Waals surface area contributed by atoms with Crippen LogP contribution in [0.1, 0.15) is 0 Å². The van der Waals surface area contributed by atoms with Gasteiger partial charge < -0.3 is 5.73 Å². The van der Waals surface area contributed by atoms with Crippen LogP contribution in [0.4, 0.5) is 17.6 Å². The average Bonchev–Trinajstić information content (AvgIpc) is 2.25. The molecule has 1 aliphatic rings. The molecule has 0 aromatic heterocycles. The first-order chi connectivity index (χ1) is 6.43. The largest absolute Gasteiger partial charge is 0.417 e. The fourth-order valence-corrected chi connectivity index (χ4v) is 0.892. The highest BCUT2D eigenvalue weighted by Crippen LogP contribution is 2.29. The van der Waals surface area contributed by atoms with E-state index in [9.17, 15) is 17.6 Å². The van der Waals surface area contributed by atoms with Crippen LogP contribution in [-0.2, 0) is 0 Å². The molecule has 0 aromatic rings. The molecule has 1 rings (SSSR count). The molecule has 14 heavy (non-hydrogen) atoms. The molecule has 76 valence electrons. The highest BCUT2D eigenvalue weighted by Gasteiger charge is 2.32. The molecule has 0 saturated carbocycles. The van der Waals surface area contributed by atoms with E-state index in [0.717, 1.165) is 6.08 Å². The number of alkyl halides is 3. The molecule has 0 unspecified atom stereocenters. The van der Waals surface area contributed by atoms with E-state index in [1.165, 1.54) is 0 Å². The van der Waals surface area contributed by atoms with Gasteiger partial charge in [-0.3, -0.25) is 0 Å². The van der Waals surface area contributed by atoms with Crippen LogP contribution in [0.25, 0.3) is 0 Å². The lowest BCUT2D eigenvalue weighted by Crippen LogP contribution is -2.09. The predicted molar refractivity (Wildman–Crippen MR) is 44.0 cm³/mol. The molecule has 0 heterocycles. The summed E-state index contributed by atoms with van der Waals surface area (Å²) in [6.45, 7) is -0.0527. The summed E-state index contributed by atoms with van der Waals surface area (Å²) in [6, 6.07) is 0. The lowest BCUT2D eigenvalue weighted by molar-refractivity contribution is -0.0882. The maximum Gasteiger partial charge on any atom is 0.417 e. The predicted octanol–water partition coefficient (Wildman–Crippen LogP) is 2.38. The van der Waals surface area contributed by atoms with Gasteiger partial charge in [0.25, 0.3) is 0 Å². The van der Waals surface area contributed by atoms with Gasteiger partial charge in [-0.1, -0.05) is 0 Å². The Bertz CT molecular complexity index is 353. The first-order valence-corrected chi connectivity index (χ1v) is 3.75. The van der Waals surface area contributed by atoms with Crippen LogP contribution in [0.3, 0.4) is 0 Å². The first kappa shape index (κ1) is 10.8. The first-order valence-electron chi connectivity index (χ1n) is 3.75. The Morgan fingerprint density at radius 2 is 1.93 bits per heavy atom. The zero-order valence-electron chi connectivity index (χ0n) is 7.03. The SMILES string of the molecule is NCC1=C=CC(C(F)(F)F)=CC(F)=C1. The third kappa shape index (κ3) is 2.58. The van der Waals surface area contributed by atoms with E-state index >= 15 is 0 Å². The summed E-state index contributed by atoms with van der Waals surface area (Å²) in [5.74, 6) is -0.973. The molecule has 0 atom stereocenters. The summed E-state index contributed by atoms with van der Waals surface area (Å²) < 4.78 is 49.3. The molecule has 0 saturated heterocycles. The monoisotopic (exact) mass is 205 g/mol. The Kier molecular flexibility index (Phi) is 2.93. The van der Waals surface area contributed by atoms with Gasteiger partial charge in [0.2, 0.25) is 0 Å². The van der Waals surface area contributed by atoms with Gasteiger partial charge in [0.1, 0.15) is 5.83 Å². The van der Waals surface area contributed by atoms with Gasteiger partial charge in [-0.25, -0.2) is 4.39 Å². The van der Waals surface area contributed by atoms with Gasteiger partial charge in [0.15, 0.2) is 0 Å². The third-order valence-electron chi connectivity index (χ3n) is 1.57. The summed E-state index contributed by atoms with van der Waals surface area (Å²) in [5.41, 5.74) is 6.55. The second-order valence-electron chi connectivity index (χ2n) is 2.64. The Morgan fingerprint density at radius 1 is 1.29 bits per heavy atom. The van der Waals surface area contributed by atoms with Crippen molar-refractivity contribution in [1.29, 1.82) is 0 Å². The Balaban J connectivity index is 3.14. The summed E-state index contributed by atoms with van der Waals surface area (Å²) in [4.78, 5) is 0. The van der Waals surface area contributed by atoms with E-state index in [1.807, 2.05) is 0 Å². The van der Waals surface area contributed by atoms with E-state index in [4.69, 9.17) is 5.73 Å². The molecule has 0 aromatic carbocycles. The van der Waals surface area contributed by atoms with E-state index in [-0.39, 0.29) is 12.1 Å². The van der Waals surface area contributed by atoms with Crippen molar-refractivity contribution in [1.82, 2.24) is 0 Å². The minimum Gasteiger partial charge on any atom is -0.326 e. The van der Waals surface area contributed by atoms with Gasteiger partial charge in [0.05, 0.1) is 5.57 Å². The van der Waals surface area contributed by atoms with E-state index in [0.29, 0.717) is 12.2 Å². The minimum absolute atomic E-state index is 0.0527. The quantitative estimate of drug-likeness (QED) is 0.516. The molecule has 0 bridgehead atoms. The zero-order chi connectivity index (χ0) is 10.8. The number of allylic oxidation sites excluding steroid dienone is 3. The highest BCUT2D eigenvalue weighted by molar-refractivity contribution is 5.39. The molecule has 0 fully saturated rings. The van der Waals surface area contributed by atoms with Gasteiger partial charge in [0, 0.05) is 12.1 Å². The van der Waals surface area contributed by atoms with E-state index in [2.05, 4.69) is 5.73 Å². The van der Waals surface area contributed by atoms with Crippen LogP contribution >= 0.6 is 0 Å². The smallest absolute Gasteiger partial charge is 0.326 e. The van der Waals surface area contributed by atoms with Crippen molar-refractivity contribution < 1.29 is 17.6 Å². The van der Waals surface area contributed by atoms with Crippen molar-refractivity contribution in [3.63, 3.8) is 0 Å². The summed E-state index contributed by atoms with van der Waals surface area (Å²) in [7, 11) is 0. The van der Waals surface area contributed by atoms with Gasteiger partial charge >= 0.3 is 6.18 Å². The van der Waals surface area contributed by atoms with Gasteiger partial charge in [-0.2, -0.15) is 13.2 Å². The Hall–Kier alpha value is -1.32. The fraction of sp³-hybridized carbons (Fsp3) is 0.222. The average molecular weight is 205 g/mol. The second-order valence-corrected chi connectivity index (χ2v) is 2.64. The van der Waals surface area contributed by atoms with Crippen molar-refractivity contribution in [2.24, 2.45) is 5.73 Å². The van der Waals surface area contributed by atoms with Crippen LogP contribution in [0.15, 0.2) is 40.9 Å². The van der Waals surface area contributed by atoms with Gasteiger partial charge in [-0.15, -0.1) is 5.73 Å². The molecule has 1 nitrogen and oxygen atoms in total. The minimum atomic E-state index is -4.57. The van der Waals surface area contributed by atoms with E-state index < -0.39 is 17.6 Å². The lowest BCUT2D eigenvalue weighted by Gasteiger charge is -2.04. The topological polar surface area (TPSA) is 26.0 Å². The second kappa shape index (κ2) is 3.82. The maximum atomic E-state index is 12.8. The number of rotatable bonds is 1. The van der Waals surface area contributed by atoms with Crippen LogP contribution < -0.4 is 5.73 Å². The third-order valence-corrected chi connectivity index (χ3v) is 1.57. The highest BCUT2D eigenvalue weighted by atomic mass is 19.4. The molecule has 2 N–H and O–H groups in total. The van der Waals surface area contributed by atoms with Crippen molar-refractivity contribution in [2.75, 3.05) is 6.54 Å². The van der Waals surface area contributed by atoms with E-state index in [1.54, 1.807) is 0 Å². The standard InChI is InChI=1S/C9H7F4N/c10-8-3-6(5-14)1-2-7(4-8)9(11,12)13/h2-4H,5,14H2. The van der Waals surface area contributed by atoms with Crippen LogP contribution in [-0.4, -0.2) is 12.7 Å². The Labute approximate surface area is 77.9 Å². The zero-order valence-corrected chi connectivity index (χ0v) is 7.03. The molecule has 5 heteroatoms. The maximum absolute atomic E-state index is 12.8. The number of hydrogen-bond donors (Lipinski definition) is 1. The Morgan fingerprint density at radius 3 is 2.43 bits per heavy atom. The van der Waals surface area contributed by atoms with Crippen molar-refractivity contribution >= 4 is 0 Å². The van der Waals surface area contributed by atoms with Crippen molar-refractivity contribution in [3.8, 4) is 0 Å². The van der Waals surface area contributed by atoms with Crippen LogP contribution in [0.5, 0.6) is 0 Å². The molecule has 0 radical (unpaired) electrons. The summed E-state index contributed by atoms with van der Waals surface area (Å²) in [6.07, 6.45) is -2.54. The fourth-order valence-electron chi connectivity index (χ4n) is 0.892. The number of halogens is 4. The van der Waals surface area contributed by atoms with Gasteiger partial charge in [-0.05, 0) is 18.2 Å². The van der Waals surface area contributed by atoms with Crippen LogP contribution in [0, 0.1) is 0 Å². The molecule has 0 spiro atoms. The number of nitrogens with two attached hydrogens (primary N) is 1. The molecular weight excluding hydrogens is 198 g/mol.